The number of benzene rings is 1. The van der Waals surface area contributed by atoms with Gasteiger partial charge in [0.1, 0.15) is 5.60 Å². The number of nitrogens with two attached hydrogens (primary N) is 1. The number of amides is 2. The Bertz CT molecular complexity index is 920. The summed E-state index contributed by atoms with van der Waals surface area (Å²) in [6, 6.07) is 4.90. The molecule has 0 radical (unpaired) electrons. The summed E-state index contributed by atoms with van der Waals surface area (Å²) >= 11 is 0. The maximum atomic E-state index is 12.9. The Kier molecular flexibility index (Phi) is 6.40. The van der Waals surface area contributed by atoms with Crippen LogP contribution in [0.15, 0.2) is 18.2 Å². The van der Waals surface area contributed by atoms with E-state index in [1.807, 2.05) is 12.1 Å². The van der Waals surface area contributed by atoms with Crippen LogP contribution in [-0.4, -0.2) is 48.2 Å². The van der Waals surface area contributed by atoms with Crippen molar-refractivity contribution in [2.24, 2.45) is 23.5 Å². The molecule has 1 unspecified atom stereocenters. The van der Waals surface area contributed by atoms with Gasteiger partial charge in [-0.15, -0.1) is 0 Å². The van der Waals surface area contributed by atoms with Gasteiger partial charge in [-0.2, -0.15) is 0 Å². The standard InChI is InChI=1S/C25H35N3O5/c1-25(2,3)33-24(31)28-12-16-11-17(9-10-18(16)19(13-28)23(30)32-4)27-22(29)21(26)20(14-5-6-14)15-7-8-15/h9-11,14-15,19-21H,5-8,12-13,26H2,1-4H3,(H,27,29)/t19?,21-/m0/s1. The quantitative estimate of drug-likeness (QED) is 0.634. The van der Waals surface area contributed by atoms with Crippen LogP contribution in [0.4, 0.5) is 10.5 Å². The lowest BCUT2D eigenvalue weighted by Crippen LogP contribution is -2.44. The normalized spacial score (nSPS) is 21.3. The van der Waals surface area contributed by atoms with Crippen molar-refractivity contribution in [2.45, 2.75) is 70.6 Å². The number of nitrogens with one attached hydrogen (secondary N) is 1. The summed E-state index contributed by atoms with van der Waals surface area (Å²) in [5.41, 5.74) is 7.91. The van der Waals surface area contributed by atoms with Gasteiger partial charge in [0.2, 0.25) is 5.91 Å². The molecule has 2 aliphatic carbocycles. The number of anilines is 1. The average Bonchev–Trinajstić information content (AvgIpc) is 3.66. The lowest BCUT2D eigenvalue weighted by atomic mass is 9.88. The molecule has 0 aromatic heterocycles. The number of carbonyl (C=O) groups excluding carboxylic acids is 3. The van der Waals surface area contributed by atoms with Crippen molar-refractivity contribution in [3.63, 3.8) is 0 Å². The Hall–Kier alpha value is -2.61. The molecule has 8 heteroatoms. The van der Waals surface area contributed by atoms with Crippen LogP contribution in [0.5, 0.6) is 0 Å². The van der Waals surface area contributed by atoms with Crippen molar-refractivity contribution in [1.29, 1.82) is 0 Å². The second-order valence-corrected chi connectivity index (χ2v) is 10.6. The molecule has 1 aromatic carbocycles. The Morgan fingerprint density at radius 2 is 1.76 bits per heavy atom. The minimum atomic E-state index is -0.649. The third-order valence-electron chi connectivity index (χ3n) is 6.74. The van der Waals surface area contributed by atoms with Gasteiger partial charge in [-0.1, -0.05) is 6.07 Å². The molecule has 0 spiro atoms. The summed E-state index contributed by atoms with van der Waals surface area (Å²) in [5, 5.41) is 2.96. The van der Waals surface area contributed by atoms with E-state index in [2.05, 4.69) is 5.32 Å². The molecule has 3 aliphatic rings. The highest BCUT2D eigenvalue weighted by Crippen LogP contribution is 2.50. The molecule has 0 bridgehead atoms. The van der Waals surface area contributed by atoms with E-state index in [1.54, 1.807) is 26.8 Å². The van der Waals surface area contributed by atoms with Crippen molar-refractivity contribution in [2.75, 3.05) is 19.0 Å². The van der Waals surface area contributed by atoms with Crippen LogP contribution in [0, 0.1) is 17.8 Å². The van der Waals surface area contributed by atoms with Crippen LogP contribution in [0.1, 0.15) is 63.5 Å². The Morgan fingerprint density at radius 3 is 2.30 bits per heavy atom. The summed E-state index contributed by atoms with van der Waals surface area (Å²) in [6.45, 7) is 5.85. The average molecular weight is 458 g/mol. The van der Waals surface area contributed by atoms with Crippen molar-refractivity contribution in [3.05, 3.63) is 29.3 Å². The SMILES string of the molecule is COC(=O)C1CN(C(=O)OC(C)(C)C)Cc2cc(NC(=O)[C@@H](N)C(C3CC3)C3CC3)ccc21. The minimum absolute atomic E-state index is 0.176. The smallest absolute Gasteiger partial charge is 0.410 e. The van der Waals surface area contributed by atoms with Gasteiger partial charge in [-0.3, -0.25) is 9.59 Å². The van der Waals surface area contributed by atoms with E-state index in [4.69, 9.17) is 15.2 Å². The molecule has 1 aromatic rings. The lowest BCUT2D eigenvalue weighted by Gasteiger charge is -2.34. The molecule has 1 aliphatic heterocycles. The van der Waals surface area contributed by atoms with E-state index in [0.29, 0.717) is 17.5 Å². The summed E-state index contributed by atoms with van der Waals surface area (Å²) in [7, 11) is 1.33. The second kappa shape index (κ2) is 8.97. The zero-order chi connectivity index (χ0) is 23.9. The molecule has 3 N–H and O–H groups in total. The highest BCUT2D eigenvalue weighted by Gasteiger charge is 2.46. The van der Waals surface area contributed by atoms with Crippen molar-refractivity contribution in [1.82, 2.24) is 4.90 Å². The molecule has 1 heterocycles. The molecule has 33 heavy (non-hydrogen) atoms. The molecule has 8 nitrogen and oxygen atoms in total. The van der Waals surface area contributed by atoms with E-state index in [9.17, 15) is 14.4 Å². The second-order valence-electron chi connectivity index (χ2n) is 10.6. The van der Waals surface area contributed by atoms with E-state index in [-0.39, 0.29) is 24.9 Å². The highest BCUT2D eigenvalue weighted by atomic mass is 16.6. The predicted molar refractivity (Wildman–Crippen MR) is 123 cm³/mol. The van der Waals surface area contributed by atoms with Gasteiger partial charge in [0.05, 0.1) is 19.1 Å². The van der Waals surface area contributed by atoms with Crippen molar-refractivity contribution in [3.8, 4) is 0 Å². The highest BCUT2D eigenvalue weighted by molar-refractivity contribution is 5.95. The topological polar surface area (TPSA) is 111 Å². The van der Waals surface area contributed by atoms with E-state index < -0.39 is 29.6 Å². The first-order chi connectivity index (χ1) is 15.6. The van der Waals surface area contributed by atoms with Gasteiger partial charge in [0.25, 0.3) is 0 Å². The number of fused-ring (bicyclic) bond motifs is 1. The fraction of sp³-hybridized carbons (Fsp3) is 0.640. The maximum absolute atomic E-state index is 12.9. The molecule has 2 atom stereocenters. The zero-order valence-corrected chi connectivity index (χ0v) is 19.9. The molecule has 2 saturated carbocycles. The predicted octanol–water partition coefficient (Wildman–Crippen LogP) is 3.40. The lowest BCUT2D eigenvalue weighted by molar-refractivity contribution is -0.143. The van der Waals surface area contributed by atoms with Crippen LogP contribution in [0.2, 0.25) is 0 Å². The first-order valence-electron chi connectivity index (χ1n) is 11.8. The number of esters is 1. The summed E-state index contributed by atoms with van der Waals surface area (Å²) in [5.74, 6) is 0.194. The van der Waals surface area contributed by atoms with E-state index >= 15 is 0 Å². The van der Waals surface area contributed by atoms with Gasteiger partial charge in [-0.25, -0.2) is 4.79 Å². The number of rotatable bonds is 6. The van der Waals surface area contributed by atoms with Gasteiger partial charge >= 0.3 is 12.1 Å². The third-order valence-corrected chi connectivity index (χ3v) is 6.74. The summed E-state index contributed by atoms with van der Waals surface area (Å²) in [6.07, 6.45) is 4.16. The van der Waals surface area contributed by atoms with Crippen LogP contribution >= 0.6 is 0 Å². The first-order valence-corrected chi connectivity index (χ1v) is 11.8. The molecule has 180 valence electrons. The van der Waals surface area contributed by atoms with Gasteiger partial charge in [0, 0.05) is 18.8 Å². The molecular formula is C25H35N3O5. The fourth-order valence-corrected chi connectivity index (χ4v) is 4.89. The van der Waals surface area contributed by atoms with Crippen molar-refractivity contribution < 1.29 is 23.9 Å². The minimum Gasteiger partial charge on any atom is -0.468 e. The number of ether oxygens (including phenoxy) is 2. The van der Waals surface area contributed by atoms with Gasteiger partial charge in [0.15, 0.2) is 0 Å². The number of carbonyl (C=O) groups is 3. The fourth-order valence-electron chi connectivity index (χ4n) is 4.89. The molecule has 2 amide bonds. The van der Waals surface area contributed by atoms with Crippen molar-refractivity contribution >= 4 is 23.7 Å². The van der Waals surface area contributed by atoms with Crippen LogP contribution in [0.3, 0.4) is 0 Å². The third kappa shape index (κ3) is 5.49. The summed E-state index contributed by atoms with van der Waals surface area (Å²) in [4.78, 5) is 39.6. The maximum Gasteiger partial charge on any atom is 0.410 e. The number of methoxy groups -OCH3 is 1. The van der Waals surface area contributed by atoms with Crippen LogP contribution in [-0.2, 0) is 25.6 Å². The molecular weight excluding hydrogens is 422 g/mol. The number of hydrogen-bond donors (Lipinski definition) is 2. The molecule has 4 rings (SSSR count). The first kappa shape index (κ1) is 23.5. The number of nitrogens with zero attached hydrogens (tertiary/aromatic N) is 1. The Morgan fingerprint density at radius 1 is 1.12 bits per heavy atom. The zero-order valence-electron chi connectivity index (χ0n) is 19.9. The Balaban J connectivity index is 1.52. The van der Waals surface area contributed by atoms with Crippen LogP contribution in [0.25, 0.3) is 0 Å². The van der Waals surface area contributed by atoms with Gasteiger partial charge < -0.3 is 25.4 Å². The molecule has 0 saturated heterocycles. The largest absolute Gasteiger partial charge is 0.468 e. The Labute approximate surface area is 195 Å². The van der Waals surface area contributed by atoms with Crippen LogP contribution < -0.4 is 11.1 Å². The van der Waals surface area contributed by atoms with E-state index in [1.165, 1.54) is 12.0 Å². The molecule has 2 fully saturated rings. The van der Waals surface area contributed by atoms with E-state index in [0.717, 1.165) is 36.8 Å². The summed E-state index contributed by atoms with van der Waals surface area (Å²) < 4.78 is 10.5. The van der Waals surface area contributed by atoms with Gasteiger partial charge in [-0.05, 0) is 87.5 Å². The number of hydrogen-bond acceptors (Lipinski definition) is 6. The monoisotopic (exact) mass is 457 g/mol.